The van der Waals surface area contributed by atoms with Gasteiger partial charge in [0, 0.05) is 18.9 Å². The Balaban J connectivity index is 2.04. The van der Waals surface area contributed by atoms with E-state index in [0.29, 0.717) is 24.3 Å². The first-order valence-corrected chi connectivity index (χ1v) is 7.06. The van der Waals surface area contributed by atoms with Crippen LogP contribution in [0.5, 0.6) is 5.75 Å². The third kappa shape index (κ3) is 3.92. The maximum absolute atomic E-state index is 12.5. The van der Waals surface area contributed by atoms with Crippen LogP contribution in [-0.4, -0.2) is 45.0 Å². The minimum absolute atomic E-state index is 0.00504. The molecule has 1 aromatic carbocycles. The first-order chi connectivity index (χ1) is 10.2. The molecular weight excluding hydrogens is 275 g/mol. The van der Waals surface area contributed by atoms with E-state index < -0.39 is 12.3 Å². The second-order valence-corrected chi connectivity index (χ2v) is 4.97. The second kappa shape index (κ2) is 7.38. The van der Waals surface area contributed by atoms with Crippen molar-refractivity contribution in [1.29, 1.82) is 0 Å². The molecule has 1 aliphatic heterocycles. The first-order valence-electron chi connectivity index (χ1n) is 7.06. The van der Waals surface area contributed by atoms with E-state index in [2.05, 4.69) is 10.6 Å². The SMILES string of the molecule is COC1(C(=O)Nc2cccc(OCCF)c2)CCNCC1. The molecule has 5 nitrogen and oxygen atoms in total. The van der Waals surface area contributed by atoms with Gasteiger partial charge in [0.2, 0.25) is 0 Å². The monoisotopic (exact) mass is 296 g/mol. The van der Waals surface area contributed by atoms with E-state index >= 15 is 0 Å². The number of carbonyl (C=O) groups is 1. The number of carbonyl (C=O) groups excluding carboxylic acids is 1. The lowest BCUT2D eigenvalue weighted by atomic mass is 9.91. The average Bonchev–Trinajstić information content (AvgIpc) is 2.54. The van der Waals surface area contributed by atoms with Gasteiger partial charge < -0.3 is 20.1 Å². The molecule has 1 saturated heterocycles. The number of nitrogens with one attached hydrogen (secondary N) is 2. The molecule has 2 rings (SSSR count). The molecule has 1 fully saturated rings. The molecule has 116 valence electrons. The highest BCUT2D eigenvalue weighted by Crippen LogP contribution is 2.25. The van der Waals surface area contributed by atoms with Gasteiger partial charge in [0.1, 0.15) is 24.6 Å². The summed E-state index contributed by atoms with van der Waals surface area (Å²) in [6.45, 7) is 0.962. The summed E-state index contributed by atoms with van der Waals surface area (Å²) in [5, 5.41) is 6.06. The molecule has 1 aromatic rings. The van der Waals surface area contributed by atoms with Crippen molar-refractivity contribution in [3.63, 3.8) is 0 Å². The maximum atomic E-state index is 12.5. The molecule has 0 unspecified atom stereocenters. The third-order valence-corrected chi connectivity index (χ3v) is 3.65. The van der Waals surface area contributed by atoms with E-state index in [1.54, 1.807) is 31.4 Å². The lowest BCUT2D eigenvalue weighted by Gasteiger charge is -2.34. The molecule has 0 atom stereocenters. The number of hydrogen-bond donors (Lipinski definition) is 2. The topological polar surface area (TPSA) is 59.6 Å². The van der Waals surface area contributed by atoms with Gasteiger partial charge in [-0.15, -0.1) is 0 Å². The third-order valence-electron chi connectivity index (χ3n) is 3.65. The van der Waals surface area contributed by atoms with Gasteiger partial charge in [0.05, 0.1) is 0 Å². The van der Waals surface area contributed by atoms with E-state index in [0.717, 1.165) is 13.1 Å². The number of anilines is 1. The summed E-state index contributed by atoms with van der Waals surface area (Å²) < 4.78 is 22.8. The molecule has 21 heavy (non-hydrogen) atoms. The van der Waals surface area contributed by atoms with Gasteiger partial charge in [-0.05, 0) is 38.1 Å². The predicted molar refractivity (Wildman–Crippen MR) is 78.4 cm³/mol. The Labute approximate surface area is 123 Å². The summed E-state index contributed by atoms with van der Waals surface area (Å²) in [5.41, 5.74) is -0.174. The molecule has 6 heteroatoms. The number of hydrogen-bond acceptors (Lipinski definition) is 4. The molecule has 1 heterocycles. The van der Waals surface area contributed by atoms with E-state index in [1.165, 1.54) is 0 Å². The quantitative estimate of drug-likeness (QED) is 0.839. The Morgan fingerprint density at radius 3 is 2.86 bits per heavy atom. The second-order valence-electron chi connectivity index (χ2n) is 4.97. The number of rotatable bonds is 6. The number of methoxy groups -OCH3 is 1. The standard InChI is InChI=1S/C15H21FN2O3/c1-20-15(5-8-17-9-6-15)14(19)18-12-3-2-4-13(11-12)21-10-7-16/h2-4,11,17H,5-10H2,1H3,(H,18,19). The maximum Gasteiger partial charge on any atom is 0.256 e. The van der Waals surface area contributed by atoms with Gasteiger partial charge in [-0.1, -0.05) is 6.07 Å². The normalized spacial score (nSPS) is 17.2. The minimum atomic E-state index is -0.791. The number of amides is 1. The molecule has 0 aromatic heterocycles. The highest BCUT2D eigenvalue weighted by atomic mass is 19.1. The Kier molecular flexibility index (Phi) is 5.52. The van der Waals surface area contributed by atoms with Crippen molar-refractivity contribution in [2.45, 2.75) is 18.4 Å². The molecule has 0 bridgehead atoms. The van der Waals surface area contributed by atoms with Crippen molar-refractivity contribution in [3.8, 4) is 5.75 Å². The fraction of sp³-hybridized carbons (Fsp3) is 0.533. The summed E-state index contributed by atoms with van der Waals surface area (Å²) in [6.07, 6.45) is 1.26. The summed E-state index contributed by atoms with van der Waals surface area (Å²) in [5.74, 6) is 0.372. The predicted octanol–water partition coefficient (Wildman–Crippen LogP) is 1.74. The summed E-state index contributed by atoms with van der Waals surface area (Å²) in [7, 11) is 1.56. The fourth-order valence-electron chi connectivity index (χ4n) is 2.42. The lowest BCUT2D eigenvalue weighted by Crippen LogP contribution is -2.51. The van der Waals surface area contributed by atoms with Crippen LogP contribution >= 0.6 is 0 Å². The number of ether oxygens (including phenoxy) is 2. The van der Waals surface area contributed by atoms with Crippen LogP contribution < -0.4 is 15.4 Å². The molecule has 0 aliphatic carbocycles. The Bertz CT molecular complexity index is 476. The number of piperidine rings is 1. The summed E-state index contributed by atoms with van der Waals surface area (Å²) in [4.78, 5) is 12.5. The van der Waals surface area contributed by atoms with Crippen molar-refractivity contribution in [2.75, 3.05) is 38.8 Å². The Morgan fingerprint density at radius 2 is 2.19 bits per heavy atom. The highest BCUT2D eigenvalue weighted by molar-refractivity contribution is 5.97. The molecule has 0 spiro atoms. The van der Waals surface area contributed by atoms with Gasteiger partial charge in [-0.3, -0.25) is 4.79 Å². The number of benzene rings is 1. The molecule has 1 amide bonds. The smallest absolute Gasteiger partial charge is 0.256 e. The van der Waals surface area contributed by atoms with Gasteiger partial charge in [-0.2, -0.15) is 0 Å². The summed E-state index contributed by atoms with van der Waals surface area (Å²) >= 11 is 0. The van der Waals surface area contributed by atoms with E-state index in [1.807, 2.05) is 0 Å². The zero-order chi connectivity index (χ0) is 15.1. The minimum Gasteiger partial charge on any atom is -0.491 e. The Hall–Kier alpha value is -1.66. The van der Waals surface area contributed by atoms with Crippen molar-refractivity contribution in [1.82, 2.24) is 5.32 Å². The van der Waals surface area contributed by atoms with Crippen molar-refractivity contribution in [3.05, 3.63) is 24.3 Å². The molecular formula is C15H21FN2O3. The zero-order valence-electron chi connectivity index (χ0n) is 12.2. The first kappa shape index (κ1) is 15.7. The molecule has 0 radical (unpaired) electrons. The number of halogens is 1. The fourth-order valence-corrected chi connectivity index (χ4v) is 2.42. The van der Waals surface area contributed by atoms with Gasteiger partial charge >= 0.3 is 0 Å². The van der Waals surface area contributed by atoms with Gasteiger partial charge in [0.25, 0.3) is 5.91 Å². The van der Waals surface area contributed by atoms with Crippen LogP contribution in [0.4, 0.5) is 10.1 Å². The van der Waals surface area contributed by atoms with Crippen LogP contribution in [0.3, 0.4) is 0 Å². The average molecular weight is 296 g/mol. The van der Waals surface area contributed by atoms with Gasteiger partial charge in [-0.25, -0.2) is 4.39 Å². The van der Waals surface area contributed by atoms with Gasteiger partial charge in [0.15, 0.2) is 0 Å². The van der Waals surface area contributed by atoms with Crippen LogP contribution in [0.25, 0.3) is 0 Å². The van der Waals surface area contributed by atoms with Crippen LogP contribution in [0, 0.1) is 0 Å². The molecule has 0 saturated carbocycles. The van der Waals surface area contributed by atoms with Crippen molar-refractivity contribution < 1.29 is 18.7 Å². The molecule has 1 aliphatic rings. The zero-order valence-corrected chi connectivity index (χ0v) is 12.2. The van der Waals surface area contributed by atoms with E-state index in [-0.39, 0.29) is 12.5 Å². The van der Waals surface area contributed by atoms with E-state index in [9.17, 15) is 9.18 Å². The van der Waals surface area contributed by atoms with Crippen LogP contribution in [-0.2, 0) is 9.53 Å². The van der Waals surface area contributed by atoms with Crippen molar-refractivity contribution in [2.24, 2.45) is 0 Å². The highest BCUT2D eigenvalue weighted by Gasteiger charge is 2.39. The van der Waals surface area contributed by atoms with Crippen molar-refractivity contribution >= 4 is 11.6 Å². The van der Waals surface area contributed by atoms with Crippen LogP contribution in [0.15, 0.2) is 24.3 Å². The summed E-state index contributed by atoms with van der Waals surface area (Å²) in [6, 6.07) is 6.93. The van der Waals surface area contributed by atoms with Crippen LogP contribution in [0.1, 0.15) is 12.8 Å². The van der Waals surface area contributed by atoms with E-state index in [4.69, 9.17) is 9.47 Å². The van der Waals surface area contributed by atoms with Crippen LogP contribution in [0.2, 0.25) is 0 Å². The lowest BCUT2D eigenvalue weighted by molar-refractivity contribution is -0.140. The Morgan fingerprint density at radius 1 is 1.43 bits per heavy atom. The molecule has 2 N–H and O–H groups in total. The largest absolute Gasteiger partial charge is 0.491 e. The number of alkyl halides is 1.